The Bertz CT molecular complexity index is 2020. The first-order valence-corrected chi connectivity index (χ1v) is 18.3. The summed E-state index contributed by atoms with van der Waals surface area (Å²) in [4.78, 5) is 63.4. The lowest BCUT2D eigenvalue weighted by molar-refractivity contribution is -0.128. The number of alkyl carbamates (subject to hydrolysis) is 2. The van der Waals surface area contributed by atoms with Gasteiger partial charge in [-0.3, -0.25) is 9.59 Å². The topological polar surface area (TPSA) is 174 Å². The average molecular weight is 779 g/mol. The van der Waals surface area contributed by atoms with Crippen molar-refractivity contribution < 1.29 is 46.6 Å². The number of anilines is 1. The molecule has 1 unspecified atom stereocenters. The molecule has 0 fully saturated rings. The summed E-state index contributed by atoms with van der Waals surface area (Å²) < 4.78 is 49.6. The van der Waals surface area contributed by atoms with Gasteiger partial charge in [0.2, 0.25) is 11.8 Å². The SMILES string of the molecule is CCC(NC(=O)OCc1ccccc1)C(=O)N[C@@H](CCCCNC(=O)OC(C)(C)C)C(=O)Nc1ccc(COc2ccc3c(C)cc(=O)oc3c2C(F)F)cc1. The summed E-state index contributed by atoms with van der Waals surface area (Å²) >= 11 is 0. The lowest BCUT2D eigenvalue weighted by atomic mass is 10.1. The summed E-state index contributed by atoms with van der Waals surface area (Å²) in [5.74, 6) is -1.25. The molecule has 0 radical (unpaired) electrons. The van der Waals surface area contributed by atoms with Crippen molar-refractivity contribution >= 4 is 40.7 Å². The number of amides is 4. The van der Waals surface area contributed by atoms with Crippen LogP contribution < -0.4 is 31.6 Å². The molecule has 0 aliphatic rings. The van der Waals surface area contributed by atoms with Crippen LogP contribution >= 0.6 is 0 Å². The van der Waals surface area contributed by atoms with E-state index in [1.54, 1.807) is 77.1 Å². The Labute approximate surface area is 323 Å². The van der Waals surface area contributed by atoms with Gasteiger partial charge in [0.1, 0.15) is 42.2 Å². The molecule has 15 heteroatoms. The van der Waals surface area contributed by atoms with Crippen LogP contribution in [0.2, 0.25) is 0 Å². The molecule has 1 aromatic heterocycles. The highest BCUT2D eigenvalue weighted by molar-refractivity contribution is 5.98. The highest BCUT2D eigenvalue weighted by atomic mass is 19.3. The average Bonchev–Trinajstić information content (AvgIpc) is 3.14. The predicted molar refractivity (Wildman–Crippen MR) is 205 cm³/mol. The standard InChI is InChI=1S/C41H48F2N4O9/c1-6-30(47-40(52)54-24-26-12-8-7-9-13-26)37(49)46-31(14-10-11-21-44-39(51)56-41(3,4)5)38(50)45-28-17-15-27(16-18-28)23-53-32-20-19-29-25(2)22-33(48)55-35(29)34(32)36(42)43/h7-9,12-13,15-20,22,30-31,36H,6,10-11,14,21,23-24H2,1-5H3,(H,44,51)(H,45,50)(H,46,49)(H,47,52)/t30?,31-/m0/s1. The van der Waals surface area contributed by atoms with Gasteiger partial charge in [0, 0.05) is 23.7 Å². The van der Waals surface area contributed by atoms with E-state index in [2.05, 4.69) is 21.3 Å². The van der Waals surface area contributed by atoms with Gasteiger partial charge in [0.15, 0.2) is 5.58 Å². The summed E-state index contributed by atoms with van der Waals surface area (Å²) in [5, 5.41) is 11.1. The van der Waals surface area contributed by atoms with Gasteiger partial charge in [0.05, 0.1) is 0 Å². The fraction of sp³-hybridized carbons (Fsp3) is 0.390. The number of ether oxygens (including phenoxy) is 3. The molecule has 4 N–H and O–H groups in total. The largest absolute Gasteiger partial charge is 0.488 e. The van der Waals surface area contributed by atoms with Gasteiger partial charge in [-0.1, -0.05) is 49.4 Å². The van der Waals surface area contributed by atoms with E-state index in [-0.39, 0.29) is 43.9 Å². The van der Waals surface area contributed by atoms with Gasteiger partial charge in [0.25, 0.3) is 6.43 Å². The summed E-state index contributed by atoms with van der Waals surface area (Å²) in [5.41, 5.74) is 0.0923. The molecule has 0 bridgehead atoms. The third-order valence-electron chi connectivity index (χ3n) is 8.40. The summed E-state index contributed by atoms with van der Waals surface area (Å²) in [7, 11) is 0. The second kappa shape index (κ2) is 20.1. The number of rotatable bonds is 17. The van der Waals surface area contributed by atoms with Crippen LogP contribution in [-0.2, 0) is 32.3 Å². The van der Waals surface area contributed by atoms with Gasteiger partial charge in [-0.25, -0.2) is 23.2 Å². The molecule has 13 nitrogen and oxygen atoms in total. The van der Waals surface area contributed by atoms with Gasteiger partial charge in [-0.05, 0) is 94.3 Å². The van der Waals surface area contributed by atoms with Gasteiger partial charge in [-0.2, -0.15) is 0 Å². The first kappa shape index (κ1) is 42.7. The third-order valence-corrected chi connectivity index (χ3v) is 8.40. The van der Waals surface area contributed by atoms with Crippen molar-refractivity contribution in [3.05, 3.63) is 105 Å². The second-order valence-electron chi connectivity index (χ2n) is 14.0. The predicted octanol–water partition coefficient (Wildman–Crippen LogP) is 7.44. The maximum atomic E-state index is 14.1. The van der Waals surface area contributed by atoms with Gasteiger partial charge < -0.3 is 39.9 Å². The number of unbranched alkanes of at least 4 members (excludes halogenated alkanes) is 1. The van der Waals surface area contributed by atoms with Crippen LogP contribution in [0, 0.1) is 6.92 Å². The van der Waals surface area contributed by atoms with Gasteiger partial charge >= 0.3 is 17.8 Å². The molecule has 56 heavy (non-hydrogen) atoms. The molecule has 4 rings (SSSR count). The number of benzene rings is 3. The molecule has 2 atom stereocenters. The van der Waals surface area contributed by atoms with Crippen molar-refractivity contribution in [3.8, 4) is 5.75 Å². The molecule has 0 aliphatic carbocycles. The van der Waals surface area contributed by atoms with Crippen molar-refractivity contribution in [3.63, 3.8) is 0 Å². The Morgan fingerprint density at radius 1 is 0.821 bits per heavy atom. The normalized spacial score (nSPS) is 12.4. The van der Waals surface area contributed by atoms with Crippen LogP contribution in [0.25, 0.3) is 11.0 Å². The van der Waals surface area contributed by atoms with E-state index in [4.69, 9.17) is 18.6 Å². The van der Waals surface area contributed by atoms with E-state index in [1.165, 1.54) is 12.1 Å². The number of alkyl halides is 2. The molecule has 300 valence electrons. The minimum atomic E-state index is -2.97. The minimum absolute atomic E-state index is 0.0113. The number of aryl methyl sites for hydroxylation is 1. The molecule has 1 heterocycles. The zero-order valence-corrected chi connectivity index (χ0v) is 32.0. The van der Waals surface area contributed by atoms with Crippen LogP contribution in [0.4, 0.5) is 24.1 Å². The Balaban J connectivity index is 1.39. The molecular formula is C41H48F2N4O9. The Morgan fingerprint density at radius 2 is 1.52 bits per heavy atom. The second-order valence-corrected chi connectivity index (χ2v) is 14.0. The van der Waals surface area contributed by atoms with E-state index in [9.17, 15) is 32.8 Å². The monoisotopic (exact) mass is 778 g/mol. The number of carbonyl (C=O) groups excluding carboxylic acids is 4. The van der Waals surface area contributed by atoms with Crippen LogP contribution in [0.15, 0.2) is 82.0 Å². The highest BCUT2D eigenvalue weighted by Crippen LogP contribution is 2.36. The third kappa shape index (κ3) is 13.1. The first-order valence-electron chi connectivity index (χ1n) is 18.3. The van der Waals surface area contributed by atoms with Crippen molar-refractivity contribution in [2.75, 3.05) is 11.9 Å². The zero-order valence-electron chi connectivity index (χ0n) is 32.0. The molecule has 0 aliphatic heterocycles. The summed E-state index contributed by atoms with van der Waals surface area (Å²) in [6.45, 7) is 8.77. The van der Waals surface area contributed by atoms with E-state index < -0.39 is 59.3 Å². The van der Waals surface area contributed by atoms with E-state index in [1.807, 2.05) is 18.2 Å². The lowest BCUT2D eigenvalue weighted by Crippen LogP contribution is -2.52. The van der Waals surface area contributed by atoms with Crippen LogP contribution in [0.3, 0.4) is 0 Å². The number of halogens is 2. The molecule has 3 aromatic carbocycles. The van der Waals surface area contributed by atoms with Crippen LogP contribution in [-0.4, -0.2) is 48.2 Å². The van der Waals surface area contributed by atoms with Crippen molar-refractivity contribution in [2.24, 2.45) is 0 Å². The highest BCUT2D eigenvalue weighted by Gasteiger charge is 2.27. The van der Waals surface area contributed by atoms with Crippen LogP contribution in [0.1, 0.15) is 82.1 Å². The lowest BCUT2D eigenvalue weighted by Gasteiger charge is -2.23. The molecule has 4 amide bonds. The molecule has 4 aromatic rings. The fourth-order valence-corrected chi connectivity index (χ4v) is 5.57. The number of nitrogens with one attached hydrogen (secondary N) is 4. The zero-order chi connectivity index (χ0) is 40.8. The first-order chi connectivity index (χ1) is 26.6. The summed E-state index contributed by atoms with van der Waals surface area (Å²) in [6.07, 6.45) is -3.00. The van der Waals surface area contributed by atoms with Crippen molar-refractivity contribution in [2.45, 2.75) is 97.6 Å². The van der Waals surface area contributed by atoms with Crippen molar-refractivity contribution in [1.29, 1.82) is 0 Å². The Kier molecular flexibility index (Phi) is 15.3. The Hall–Kier alpha value is -5.99. The summed E-state index contributed by atoms with van der Waals surface area (Å²) in [6, 6.07) is 17.7. The molecule has 0 saturated heterocycles. The molecular weight excluding hydrogens is 730 g/mol. The number of hydrogen-bond donors (Lipinski definition) is 4. The van der Waals surface area contributed by atoms with E-state index in [0.717, 1.165) is 5.56 Å². The van der Waals surface area contributed by atoms with Gasteiger partial charge in [-0.15, -0.1) is 0 Å². The fourth-order valence-electron chi connectivity index (χ4n) is 5.57. The Morgan fingerprint density at radius 3 is 2.18 bits per heavy atom. The smallest absolute Gasteiger partial charge is 0.408 e. The molecule has 0 saturated carbocycles. The van der Waals surface area contributed by atoms with E-state index in [0.29, 0.717) is 35.0 Å². The maximum absolute atomic E-state index is 14.1. The van der Waals surface area contributed by atoms with Crippen LogP contribution in [0.5, 0.6) is 5.75 Å². The number of hydrogen-bond acceptors (Lipinski definition) is 9. The number of fused-ring (bicyclic) bond motifs is 1. The maximum Gasteiger partial charge on any atom is 0.408 e. The number of carbonyl (C=O) groups is 4. The minimum Gasteiger partial charge on any atom is -0.488 e. The van der Waals surface area contributed by atoms with E-state index >= 15 is 0 Å². The van der Waals surface area contributed by atoms with Crippen molar-refractivity contribution in [1.82, 2.24) is 16.0 Å². The quantitative estimate of drug-likeness (QED) is 0.0627. The molecule has 0 spiro atoms.